The van der Waals surface area contributed by atoms with Gasteiger partial charge in [-0.05, 0) is 44.9 Å². The van der Waals surface area contributed by atoms with Crippen molar-refractivity contribution in [1.29, 1.82) is 0 Å². The van der Waals surface area contributed by atoms with Crippen molar-refractivity contribution in [3.8, 4) is 0 Å². The van der Waals surface area contributed by atoms with Crippen LogP contribution in [-0.4, -0.2) is 53.3 Å². The molecule has 1 aromatic carbocycles. The number of aliphatic hydroxyl groups is 1. The van der Waals surface area contributed by atoms with Gasteiger partial charge in [-0.25, -0.2) is 4.79 Å². The van der Waals surface area contributed by atoms with Crippen molar-refractivity contribution < 1.29 is 19.4 Å². The Bertz CT molecular complexity index is 673. The molecule has 1 saturated heterocycles. The standard InChI is InChI=1S/C20H29N3O4/c1-13(2)27-18-12-23(11-17(18)24)20(26)22-16-9-5-8-15(10-16)21-19(25)14-6-3-4-7-14/h5,8-10,13-14,17-18,24H,3-4,6-7,11-12H2,1-2H3,(H,21,25)(H,22,26)/t17-,18-/m1/s1. The number of aliphatic hydroxyl groups excluding tert-OH is 1. The number of carbonyl (C=O) groups excluding carboxylic acids is 2. The van der Waals surface area contributed by atoms with Crippen LogP contribution in [-0.2, 0) is 9.53 Å². The van der Waals surface area contributed by atoms with Gasteiger partial charge in [-0.3, -0.25) is 4.79 Å². The van der Waals surface area contributed by atoms with E-state index in [2.05, 4.69) is 10.6 Å². The van der Waals surface area contributed by atoms with E-state index in [0.717, 1.165) is 25.7 Å². The van der Waals surface area contributed by atoms with Crippen LogP contribution in [0.25, 0.3) is 0 Å². The summed E-state index contributed by atoms with van der Waals surface area (Å²) in [7, 11) is 0. The van der Waals surface area contributed by atoms with Gasteiger partial charge >= 0.3 is 6.03 Å². The minimum atomic E-state index is -0.685. The number of nitrogens with zero attached hydrogens (tertiary/aromatic N) is 1. The highest BCUT2D eigenvalue weighted by Gasteiger charge is 2.35. The van der Waals surface area contributed by atoms with Crippen molar-refractivity contribution in [3.63, 3.8) is 0 Å². The molecular weight excluding hydrogens is 346 g/mol. The molecule has 7 nitrogen and oxygen atoms in total. The summed E-state index contributed by atoms with van der Waals surface area (Å²) in [5.41, 5.74) is 1.28. The lowest BCUT2D eigenvalue weighted by Gasteiger charge is -2.19. The van der Waals surface area contributed by atoms with E-state index in [1.165, 1.54) is 0 Å². The Hall–Kier alpha value is -2.12. The number of likely N-dealkylation sites (tertiary alicyclic amines) is 1. The number of nitrogens with one attached hydrogen (secondary N) is 2. The van der Waals surface area contributed by atoms with Gasteiger partial charge in [0.1, 0.15) is 6.10 Å². The molecule has 1 heterocycles. The maximum Gasteiger partial charge on any atom is 0.322 e. The molecular formula is C20H29N3O4. The third kappa shape index (κ3) is 5.20. The average molecular weight is 375 g/mol. The molecule has 2 atom stereocenters. The second-order valence-electron chi connectivity index (χ2n) is 7.68. The van der Waals surface area contributed by atoms with Crippen LogP contribution < -0.4 is 10.6 Å². The van der Waals surface area contributed by atoms with Crippen molar-refractivity contribution in [1.82, 2.24) is 4.90 Å². The molecule has 0 unspecified atom stereocenters. The maximum atomic E-state index is 12.5. The number of hydrogen-bond donors (Lipinski definition) is 3. The summed E-state index contributed by atoms with van der Waals surface area (Å²) in [4.78, 5) is 26.3. The lowest BCUT2D eigenvalue weighted by Crippen LogP contribution is -2.34. The van der Waals surface area contributed by atoms with Crippen LogP contribution in [0.15, 0.2) is 24.3 Å². The molecule has 1 saturated carbocycles. The van der Waals surface area contributed by atoms with E-state index in [0.29, 0.717) is 17.9 Å². The number of anilines is 2. The van der Waals surface area contributed by atoms with E-state index in [1.807, 2.05) is 19.9 Å². The molecule has 1 aliphatic carbocycles. The first-order valence-corrected chi connectivity index (χ1v) is 9.72. The molecule has 3 N–H and O–H groups in total. The Morgan fingerprint density at radius 2 is 1.81 bits per heavy atom. The van der Waals surface area contributed by atoms with Gasteiger partial charge in [0.25, 0.3) is 0 Å². The second-order valence-corrected chi connectivity index (χ2v) is 7.68. The van der Waals surface area contributed by atoms with Crippen LogP contribution in [0, 0.1) is 5.92 Å². The first-order chi connectivity index (χ1) is 12.9. The van der Waals surface area contributed by atoms with Gasteiger partial charge in [-0.15, -0.1) is 0 Å². The fraction of sp³-hybridized carbons (Fsp3) is 0.600. The normalized spacial score (nSPS) is 23.0. The van der Waals surface area contributed by atoms with Crippen molar-refractivity contribution in [2.24, 2.45) is 5.92 Å². The van der Waals surface area contributed by atoms with E-state index >= 15 is 0 Å². The third-order valence-corrected chi connectivity index (χ3v) is 5.08. The highest BCUT2D eigenvalue weighted by atomic mass is 16.5. The number of benzene rings is 1. The summed E-state index contributed by atoms with van der Waals surface area (Å²) in [6, 6.07) is 6.85. The minimum Gasteiger partial charge on any atom is -0.388 e. The van der Waals surface area contributed by atoms with Crippen LogP contribution in [0.2, 0.25) is 0 Å². The Balaban J connectivity index is 1.56. The van der Waals surface area contributed by atoms with Gasteiger partial charge < -0.3 is 25.4 Å². The number of ether oxygens (including phenoxy) is 1. The van der Waals surface area contributed by atoms with Crippen LogP contribution in [0.4, 0.5) is 16.2 Å². The SMILES string of the molecule is CC(C)O[C@@H]1CN(C(=O)Nc2cccc(NC(=O)C3CCCC3)c2)C[C@H]1O. The zero-order valence-corrected chi connectivity index (χ0v) is 16.0. The number of β-amino-alcohol motifs (C(OH)–C–C–N with tert-alkyl or cyclic N) is 1. The molecule has 3 amide bonds. The van der Waals surface area contributed by atoms with E-state index in [-0.39, 0.29) is 36.6 Å². The lowest BCUT2D eigenvalue weighted by molar-refractivity contribution is -0.119. The van der Waals surface area contributed by atoms with Gasteiger partial charge in [0.2, 0.25) is 5.91 Å². The van der Waals surface area contributed by atoms with Crippen LogP contribution in [0.1, 0.15) is 39.5 Å². The summed E-state index contributed by atoms with van der Waals surface area (Å²) in [6.45, 7) is 4.40. The predicted octanol–water partition coefficient (Wildman–Crippen LogP) is 2.82. The van der Waals surface area contributed by atoms with Crippen molar-refractivity contribution in [2.45, 2.75) is 57.8 Å². The Labute approximate surface area is 160 Å². The summed E-state index contributed by atoms with van der Waals surface area (Å²) in [5.74, 6) is 0.138. The number of rotatable bonds is 5. The van der Waals surface area contributed by atoms with E-state index in [4.69, 9.17) is 4.74 Å². The van der Waals surface area contributed by atoms with E-state index in [1.54, 1.807) is 23.1 Å². The second kappa shape index (κ2) is 8.71. The summed E-state index contributed by atoms with van der Waals surface area (Å²) in [6.07, 6.45) is 3.04. The summed E-state index contributed by atoms with van der Waals surface area (Å²) in [5, 5.41) is 15.8. The molecule has 0 bridgehead atoms. The fourth-order valence-corrected chi connectivity index (χ4v) is 3.72. The molecule has 1 aromatic rings. The minimum absolute atomic E-state index is 0.00665. The molecule has 0 spiro atoms. The summed E-state index contributed by atoms with van der Waals surface area (Å²) < 4.78 is 5.65. The van der Waals surface area contributed by atoms with Gasteiger partial charge in [-0.2, -0.15) is 0 Å². The molecule has 2 aliphatic rings. The molecule has 2 fully saturated rings. The first-order valence-electron chi connectivity index (χ1n) is 9.72. The van der Waals surface area contributed by atoms with Crippen molar-refractivity contribution in [3.05, 3.63) is 24.3 Å². The fourth-order valence-electron chi connectivity index (χ4n) is 3.72. The average Bonchev–Trinajstić information content (AvgIpc) is 3.25. The van der Waals surface area contributed by atoms with Gasteiger partial charge in [0.05, 0.1) is 25.3 Å². The van der Waals surface area contributed by atoms with E-state index < -0.39 is 6.10 Å². The highest BCUT2D eigenvalue weighted by Crippen LogP contribution is 2.26. The number of urea groups is 1. The van der Waals surface area contributed by atoms with Crippen molar-refractivity contribution >= 4 is 23.3 Å². The molecule has 148 valence electrons. The number of hydrogen-bond acceptors (Lipinski definition) is 4. The molecule has 0 radical (unpaired) electrons. The highest BCUT2D eigenvalue weighted by molar-refractivity contribution is 5.94. The molecule has 27 heavy (non-hydrogen) atoms. The summed E-state index contributed by atoms with van der Waals surface area (Å²) >= 11 is 0. The number of amides is 3. The van der Waals surface area contributed by atoms with E-state index in [9.17, 15) is 14.7 Å². The lowest BCUT2D eigenvalue weighted by atomic mass is 10.1. The topological polar surface area (TPSA) is 90.9 Å². The zero-order valence-electron chi connectivity index (χ0n) is 16.0. The zero-order chi connectivity index (χ0) is 19.4. The number of carbonyl (C=O) groups is 2. The maximum absolute atomic E-state index is 12.5. The molecule has 3 rings (SSSR count). The van der Waals surface area contributed by atoms with Crippen LogP contribution >= 0.6 is 0 Å². The first kappa shape index (κ1) is 19.6. The molecule has 1 aliphatic heterocycles. The quantitative estimate of drug-likeness (QED) is 0.738. The monoisotopic (exact) mass is 375 g/mol. The largest absolute Gasteiger partial charge is 0.388 e. The van der Waals surface area contributed by atoms with Gasteiger partial charge in [-0.1, -0.05) is 18.9 Å². The van der Waals surface area contributed by atoms with Crippen molar-refractivity contribution in [2.75, 3.05) is 23.7 Å². The van der Waals surface area contributed by atoms with Gasteiger partial charge in [0.15, 0.2) is 0 Å². The molecule has 0 aromatic heterocycles. The Morgan fingerprint density at radius 3 is 2.48 bits per heavy atom. The van der Waals surface area contributed by atoms with Gasteiger partial charge in [0, 0.05) is 17.3 Å². The van der Waals surface area contributed by atoms with Crippen LogP contribution in [0.5, 0.6) is 0 Å². The molecule has 7 heteroatoms. The predicted molar refractivity (Wildman–Crippen MR) is 104 cm³/mol. The smallest absolute Gasteiger partial charge is 0.322 e. The Morgan fingerprint density at radius 1 is 1.15 bits per heavy atom. The van der Waals surface area contributed by atoms with Crippen LogP contribution in [0.3, 0.4) is 0 Å². The Kier molecular flexibility index (Phi) is 6.34. The third-order valence-electron chi connectivity index (χ3n) is 5.08.